The van der Waals surface area contributed by atoms with Gasteiger partial charge in [-0.3, -0.25) is 9.69 Å². The quantitative estimate of drug-likeness (QED) is 0.756. The summed E-state index contributed by atoms with van der Waals surface area (Å²) in [5.74, 6) is -0.434. The number of nitrogens with one attached hydrogen (secondary N) is 1. The molecule has 2 N–H and O–H groups in total. The van der Waals surface area contributed by atoms with Crippen molar-refractivity contribution in [3.05, 3.63) is 12.2 Å². The van der Waals surface area contributed by atoms with E-state index in [1.165, 1.54) is 6.39 Å². The number of nitrogens with zero attached hydrogens (tertiary/aromatic N) is 4. The van der Waals surface area contributed by atoms with Crippen molar-refractivity contribution in [2.75, 3.05) is 26.2 Å². The van der Waals surface area contributed by atoms with Crippen LogP contribution in [0.25, 0.3) is 0 Å². The molecule has 0 aliphatic carbocycles. The van der Waals surface area contributed by atoms with Gasteiger partial charge in [0, 0.05) is 26.2 Å². The van der Waals surface area contributed by atoms with Gasteiger partial charge in [0.2, 0.25) is 6.39 Å². The van der Waals surface area contributed by atoms with E-state index in [9.17, 15) is 9.59 Å². The first-order valence-corrected chi connectivity index (χ1v) is 6.33. The molecule has 9 heteroatoms. The van der Waals surface area contributed by atoms with E-state index in [1.807, 2.05) is 4.90 Å². The van der Waals surface area contributed by atoms with Crippen LogP contribution in [0.4, 0.5) is 4.79 Å². The average molecular weight is 283 g/mol. The lowest BCUT2D eigenvalue weighted by Gasteiger charge is -2.36. The lowest BCUT2D eigenvalue weighted by atomic mass is 10.2. The number of carboxylic acids is 1. The van der Waals surface area contributed by atoms with Crippen molar-refractivity contribution in [2.45, 2.75) is 19.5 Å². The number of carbonyl (C=O) groups excluding carboxylic acids is 1. The Morgan fingerprint density at radius 1 is 1.45 bits per heavy atom. The topological polar surface area (TPSA) is 112 Å². The summed E-state index contributed by atoms with van der Waals surface area (Å²) in [6.45, 7) is 3.94. The number of rotatable bonds is 4. The Morgan fingerprint density at radius 2 is 2.15 bits per heavy atom. The van der Waals surface area contributed by atoms with Gasteiger partial charge in [0.15, 0.2) is 5.82 Å². The minimum atomic E-state index is -0.847. The molecule has 1 aromatic heterocycles. The third kappa shape index (κ3) is 3.44. The molecule has 1 aliphatic rings. The van der Waals surface area contributed by atoms with E-state index in [2.05, 4.69) is 20.0 Å². The standard InChI is InChI=1S/C11H17N5O4/c1-8(10(17)18)15-2-4-16(5-3-15)11(19)12-6-9-13-7-20-14-9/h7-8H,2-6H2,1H3,(H,12,19)(H,17,18). The van der Waals surface area contributed by atoms with Crippen molar-refractivity contribution in [1.29, 1.82) is 0 Å². The molecule has 2 rings (SSSR count). The third-order valence-corrected chi connectivity index (χ3v) is 3.31. The predicted molar refractivity (Wildman–Crippen MR) is 66.8 cm³/mol. The number of hydrogen-bond acceptors (Lipinski definition) is 6. The maximum Gasteiger partial charge on any atom is 0.320 e. The van der Waals surface area contributed by atoms with Crippen LogP contribution in [0.1, 0.15) is 12.7 Å². The van der Waals surface area contributed by atoms with E-state index >= 15 is 0 Å². The molecule has 1 aromatic rings. The fourth-order valence-corrected chi connectivity index (χ4v) is 2.01. The van der Waals surface area contributed by atoms with Gasteiger partial charge in [-0.05, 0) is 6.92 Å². The number of aromatic nitrogens is 2. The van der Waals surface area contributed by atoms with Crippen LogP contribution >= 0.6 is 0 Å². The fraction of sp³-hybridized carbons (Fsp3) is 0.636. The summed E-state index contributed by atoms with van der Waals surface area (Å²) in [6, 6.07) is -0.739. The summed E-state index contributed by atoms with van der Waals surface area (Å²) >= 11 is 0. The Balaban J connectivity index is 1.75. The Bertz CT molecular complexity index is 455. The molecule has 2 amide bonds. The Morgan fingerprint density at radius 3 is 2.70 bits per heavy atom. The number of piperazine rings is 1. The first-order chi connectivity index (χ1) is 9.58. The maximum atomic E-state index is 11.9. The highest BCUT2D eigenvalue weighted by Gasteiger charge is 2.27. The van der Waals surface area contributed by atoms with E-state index in [0.29, 0.717) is 32.0 Å². The molecule has 0 spiro atoms. The largest absolute Gasteiger partial charge is 0.480 e. The van der Waals surface area contributed by atoms with Crippen molar-refractivity contribution < 1.29 is 19.2 Å². The van der Waals surface area contributed by atoms with Crippen LogP contribution in [-0.2, 0) is 11.3 Å². The third-order valence-electron chi connectivity index (χ3n) is 3.31. The molecule has 9 nitrogen and oxygen atoms in total. The van der Waals surface area contributed by atoms with Gasteiger partial charge in [0.1, 0.15) is 6.04 Å². The molecule has 0 radical (unpaired) electrons. The zero-order valence-electron chi connectivity index (χ0n) is 11.2. The number of carboxylic acid groups (broad SMARTS) is 1. The highest BCUT2D eigenvalue weighted by molar-refractivity contribution is 5.74. The van der Waals surface area contributed by atoms with Gasteiger partial charge in [0.05, 0.1) is 6.54 Å². The lowest BCUT2D eigenvalue weighted by molar-refractivity contribution is -0.143. The van der Waals surface area contributed by atoms with Crippen LogP contribution in [0.15, 0.2) is 10.9 Å². The van der Waals surface area contributed by atoms with Crippen molar-refractivity contribution in [1.82, 2.24) is 25.3 Å². The van der Waals surface area contributed by atoms with Gasteiger partial charge >= 0.3 is 12.0 Å². The first kappa shape index (κ1) is 14.3. The molecule has 2 heterocycles. The van der Waals surface area contributed by atoms with Crippen molar-refractivity contribution in [3.63, 3.8) is 0 Å². The molecule has 1 aliphatic heterocycles. The van der Waals surface area contributed by atoms with Crippen LogP contribution in [0.3, 0.4) is 0 Å². The molecule has 0 aromatic carbocycles. The molecule has 0 bridgehead atoms. The van der Waals surface area contributed by atoms with E-state index in [1.54, 1.807) is 11.8 Å². The minimum absolute atomic E-state index is 0.209. The summed E-state index contributed by atoms with van der Waals surface area (Å²) in [4.78, 5) is 30.1. The second-order valence-corrected chi connectivity index (χ2v) is 4.54. The average Bonchev–Trinajstić information content (AvgIpc) is 2.97. The van der Waals surface area contributed by atoms with Crippen LogP contribution in [0.2, 0.25) is 0 Å². The summed E-state index contributed by atoms with van der Waals surface area (Å²) in [7, 11) is 0. The summed E-state index contributed by atoms with van der Waals surface area (Å²) in [5, 5.41) is 15.2. The number of aliphatic carboxylic acids is 1. The maximum absolute atomic E-state index is 11.9. The highest BCUT2D eigenvalue weighted by atomic mass is 16.5. The zero-order valence-corrected chi connectivity index (χ0v) is 11.2. The lowest BCUT2D eigenvalue weighted by Crippen LogP contribution is -2.55. The van der Waals surface area contributed by atoms with E-state index in [-0.39, 0.29) is 12.6 Å². The van der Waals surface area contributed by atoms with Crippen LogP contribution in [0, 0.1) is 0 Å². The van der Waals surface area contributed by atoms with Gasteiger partial charge in [-0.1, -0.05) is 5.16 Å². The van der Waals surface area contributed by atoms with Gasteiger partial charge < -0.3 is 19.8 Å². The molecular formula is C11H17N5O4. The Hall–Kier alpha value is -2.16. The SMILES string of the molecule is CC(C(=O)O)N1CCN(C(=O)NCc2ncon2)CC1. The second kappa shape index (κ2) is 6.33. The molecule has 1 fully saturated rings. The number of hydrogen-bond donors (Lipinski definition) is 2. The van der Waals surface area contributed by atoms with Gasteiger partial charge in [-0.2, -0.15) is 4.98 Å². The van der Waals surface area contributed by atoms with Gasteiger partial charge in [0.25, 0.3) is 0 Å². The smallest absolute Gasteiger partial charge is 0.320 e. The Kier molecular flexibility index (Phi) is 4.51. The monoisotopic (exact) mass is 283 g/mol. The first-order valence-electron chi connectivity index (χ1n) is 6.33. The minimum Gasteiger partial charge on any atom is -0.480 e. The predicted octanol–water partition coefficient (Wildman–Crippen LogP) is -0.630. The van der Waals surface area contributed by atoms with Gasteiger partial charge in [-0.25, -0.2) is 4.79 Å². The Labute approximate surface area is 115 Å². The highest BCUT2D eigenvalue weighted by Crippen LogP contribution is 2.06. The van der Waals surface area contributed by atoms with Crippen LogP contribution in [-0.4, -0.2) is 69.3 Å². The normalized spacial score (nSPS) is 17.8. The van der Waals surface area contributed by atoms with Gasteiger partial charge in [-0.15, -0.1) is 0 Å². The molecule has 20 heavy (non-hydrogen) atoms. The molecule has 110 valence electrons. The van der Waals surface area contributed by atoms with Crippen molar-refractivity contribution in [2.24, 2.45) is 0 Å². The number of urea groups is 1. The molecular weight excluding hydrogens is 266 g/mol. The molecule has 1 saturated heterocycles. The van der Waals surface area contributed by atoms with E-state index in [0.717, 1.165) is 0 Å². The zero-order chi connectivity index (χ0) is 14.5. The van der Waals surface area contributed by atoms with Crippen molar-refractivity contribution >= 4 is 12.0 Å². The summed E-state index contributed by atoms with van der Waals surface area (Å²) in [6.07, 6.45) is 1.20. The van der Waals surface area contributed by atoms with Crippen molar-refractivity contribution in [3.8, 4) is 0 Å². The molecule has 1 atom stereocenters. The summed E-state index contributed by atoms with van der Waals surface area (Å²) in [5.41, 5.74) is 0. The van der Waals surface area contributed by atoms with Crippen LogP contribution in [0.5, 0.6) is 0 Å². The summed E-state index contributed by atoms with van der Waals surface area (Å²) < 4.78 is 4.57. The molecule has 1 unspecified atom stereocenters. The fourth-order valence-electron chi connectivity index (χ4n) is 2.01. The number of amides is 2. The molecule has 0 saturated carbocycles. The van der Waals surface area contributed by atoms with Crippen LogP contribution < -0.4 is 5.32 Å². The van der Waals surface area contributed by atoms with E-state index < -0.39 is 12.0 Å². The number of carbonyl (C=O) groups is 2. The van der Waals surface area contributed by atoms with E-state index in [4.69, 9.17) is 5.11 Å². The second-order valence-electron chi connectivity index (χ2n) is 4.54.